The molecule has 1 aliphatic rings. The number of thiazole rings is 1. The molecular formula is C16H23N3S. The lowest BCUT2D eigenvalue weighted by atomic mass is 10.0. The summed E-state index contributed by atoms with van der Waals surface area (Å²) < 4.78 is 1.27. The van der Waals surface area contributed by atoms with Gasteiger partial charge >= 0.3 is 0 Å². The molecule has 1 saturated heterocycles. The van der Waals surface area contributed by atoms with E-state index in [0.29, 0.717) is 0 Å². The Morgan fingerprint density at radius 2 is 2.10 bits per heavy atom. The molecule has 0 saturated carbocycles. The summed E-state index contributed by atoms with van der Waals surface area (Å²) in [6.07, 6.45) is 2.72. The van der Waals surface area contributed by atoms with E-state index in [0.717, 1.165) is 18.6 Å². The lowest BCUT2D eigenvalue weighted by Gasteiger charge is -2.31. The lowest BCUT2D eigenvalue weighted by molar-refractivity contribution is 0.234. The summed E-state index contributed by atoms with van der Waals surface area (Å²) in [6, 6.07) is 6.59. The van der Waals surface area contributed by atoms with E-state index >= 15 is 0 Å². The molecule has 0 amide bonds. The molecule has 1 fully saturated rings. The van der Waals surface area contributed by atoms with Gasteiger partial charge in [0.05, 0.1) is 15.7 Å². The van der Waals surface area contributed by atoms with E-state index in [1.54, 1.807) is 11.3 Å². The van der Waals surface area contributed by atoms with Gasteiger partial charge in [0.2, 0.25) is 0 Å². The van der Waals surface area contributed by atoms with Gasteiger partial charge < -0.3 is 10.2 Å². The summed E-state index contributed by atoms with van der Waals surface area (Å²) in [5.74, 6) is 0. The van der Waals surface area contributed by atoms with E-state index in [1.165, 1.54) is 36.2 Å². The fraction of sp³-hybridized carbons (Fsp3) is 0.562. The molecule has 1 N–H and O–H groups in total. The number of likely N-dealkylation sites (tertiary alicyclic amines) is 1. The highest BCUT2D eigenvalue weighted by molar-refractivity contribution is 7.16. The molecule has 0 unspecified atom stereocenters. The zero-order valence-corrected chi connectivity index (χ0v) is 13.2. The third kappa shape index (κ3) is 3.37. The molecule has 0 aliphatic carbocycles. The molecule has 0 bridgehead atoms. The highest BCUT2D eigenvalue weighted by Gasteiger charge is 2.23. The molecule has 4 heteroatoms. The van der Waals surface area contributed by atoms with E-state index < -0.39 is 0 Å². The number of nitrogens with zero attached hydrogens (tertiary/aromatic N) is 2. The van der Waals surface area contributed by atoms with Crippen LogP contribution in [0.1, 0.15) is 32.3 Å². The zero-order valence-electron chi connectivity index (χ0n) is 12.4. The van der Waals surface area contributed by atoms with Crippen LogP contribution in [0.25, 0.3) is 10.2 Å². The summed E-state index contributed by atoms with van der Waals surface area (Å²) in [4.78, 5) is 6.96. The zero-order chi connectivity index (χ0) is 14.0. The Morgan fingerprint density at radius 3 is 2.90 bits per heavy atom. The summed E-state index contributed by atoms with van der Waals surface area (Å²) >= 11 is 1.70. The first-order valence-electron chi connectivity index (χ1n) is 7.42. The molecule has 0 radical (unpaired) electrons. The van der Waals surface area contributed by atoms with E-state index in [2.05, 4.69) is 47.2 Å². The molecule has 2 aromatic rings. The monoisotopic (exact) mass is 289 g/mol. The van der Waals surface area contributed by atoms with Crippen LogP contribution in [0.15, 0.2) is 23.7 Å². The number of hydrogen-bond donors (Lipinski definition) is 1. The number of aromatic nitrogens is 1. The first-order valence-corrected chi connectivity index (χ1v) is 8.30. The van der Waals surface area contributed by atoms with Gasteiger partial charge in [-0.15, -0.1) is 11.3 Å². The van der Waals surface area contributed by atoms with Crippen molar-refractivity contribution < 1.29 is 0 Å². The van der Waals surface area contributed by atoms with Crippen LogP contribution in [0.5, 0.6) is 0 Å². The number of rotatable bonds is 5. The van der Waals surface area contributed by atoms with Crippen molar-refractivity contribution in [2.45, 2.75) is 38.8 Å². The topological polar surface area (TPSA) is 28.2 Å². The van der Waals surface area contributed by atoms with Crippen LogP contribution in [-0.4, -0.2) is 35.1 Å². The number of hydrogen-bond acceptors (Lipinski definition) is 4. The first-order chi connectivity index (χ1) is 9.62. The normalized spacial score (nSPS) is 17.1. The van der Waals surface area contributed by atoms with Crippen LogP contribution in [0.2, 0.25) is 0 Å². The van der Waals surface area contributed by atoms with Gasteiger partial charge in [-0.3, -0.25) is 0 Å². The molecule has 20 heavy (non-hydrogen) atoms. The predicted molar refractivity (Wildman–Crippen MR) is 86.2 cm³/mol. The van der Waals surface area contributed by atoms with Crippen molar-refractivity contribution in [3.8, 4) is 0 Å². The lowest BCUT2D eigenvalue weighted by Crippen LogP contribution is -2.48. The molecule has 2 heterocycles. The van der Waals surface area contributed by atoms with Crippen molar-refractivity contribution in [2.75, 3.05) is 19.6 Å². The van der Waals surface area contributed by atoms with Crippen LogP contribution >= 0.6 is 11.3 Å². The van der Waals surface area contributed by atoms with E-state index in [-0.39, 0.29) is 5.54 Å². The second-order valence-electron chi connectivity index (χ2n) is 6.38. The molecule has 108 valence electrons. The van der Waals surface area contributed by atoms with Crippen molar-refractivity contribution in [3.63, 3.8) is 0 Å². The van der Waals surface area contributed by atoms with Gasteiger partial charge in [-0.2, -0.15) is 0 Å². The molecule has 1 aromatic carbocycles. The van der Waals surface area contributed by atoms with Crippen LogP contribution in [0.3, 0.4) is 0 Å². The van der Waals surface area contributed by atoms with Gasteiger partial charge in [0.25, 0.3) is 0 Å². The summed E-state index contributed by atoms with van der Waals surface area (Å²) in [6.45, 7) is 9.16. The molecule has 3 rings (SSSR count). The van der Waals surface area contributed by atoms with E-state index in [4.69, 9.17) is 0 Å². The van der Waals surface area contributed by atoms with Crippen molar-refractivity contribution in [1.82, 2.24) is 15.2 Å². The smallest absolute Gasteiger partial charge is 0.0815 e. The summed E-state index contributed by atoms with van der Waals surface area (Å²) in [7, 11) is 0. The Labute approximate surface area is 125 Å². The molecule has 0 spiro atoms. The van der Waals surface area contributed by atoms with Gasteiger partial charge in [0.1, 0.15) is 0 Å². The average molecular weight is 289 g/mol. The fourth-order valence-electron chi connectivity index (χ4n) is 2.91. The standard InChI is InChI=1S/C16H23N3S/c1-16(2,11-19-7-3-4-8-19)18-10-13-5-6-15-14(9-13)17-12-20-15/h5-6,9,12,18H,3-4,7-8,10-11H2,1-2H3. The maximum absolute atomic E-state index is 4.39. The molecule has 3 nitrogen and oxygen atoms in total. The van der Waals surface area contributed by atoms with Crippen LogP contribution < -0.4 is 5.32 Å². The SMILES string of the molecule is CC(C)(CN1CCCC1)NCc1ccc2scnc2c1. The summed E-state index contributed by atoms with van der Waals surface area (Å²) in [5, 5.41) is 3.69. The van der Waals surface area contributed by atoms with E-state index in [1.807, 2.05) is 5.51 Å². The third-order valence-corrected chi connectivity index (χ3v) is 4.79. The Hall–Kier alpha value is -0.970. The third-order valence-electron chi connectivity index (χ3n) is 3.98. The first kappa shape index (κ1) is 14.0. The van der Waals surface area contributed by atoms with Gasteiger partial charge in [0, 0.05) is 18.6 Å². The number of benzene rings is 1. The van der Waals surface area contributed by atoms with Crippen molar-refractivity contribution in [3.05, 3.63) is 29.3 Å². The van der Waals surface area contributed by atoms with Gasteiger partial charge in [0.15, 0.2) is 0 Å². The minimum Gasteiger partial charge on any atom is -0.306 e. The van der Waals surface area contributed by atoms with Crippen molar-refractivity contribution in [1.29, 1.82) is 0 Å². The maximum atomic E-state index is 4.39. The number of nitrogens with one attached hydrogen (secondary N) is 1. The van der Waals surface area contributed by atoms with E-state index in [9.17, 15) is 0 Å². The largest absolute Gasteiger partial charge is 0.306 e. The quantitative estimate of drug-likeness (QED) is 0.915. The fourth-order valence-corrected chi connectivity index (χ4v) is 3.57. The molecule has 0 atom stereocenters. The minimum absolute atomic E-state index is 0.154. The highest BCUT2D eigenvalue weighted by atomic mass is 32.1. The number of fused-ring (bicyclic) bond motifs is 1. The maximum Gasteiger partial charge on any atom is 0.0815 e. The summed E-state index contributed by atoms with van der Waals surface area (Å²) in [5.41, 5.74) is 4.50. The average Bonchev–Trinajstić information content (AvgIpc) is 3.06. The molecule has 1 aromatic heterocycles. The highest BCUT2D eigenvalue weighted by Crippen LogP contribution is 2.19. The Kier molecular flexibility index (Phi) is 4.06. The van der Waals surface area contributed by atoms with Crippen LogP contribution in [0.4, 0.5) is 0 Å². The second kappa shape index (κ2) is 5.80. The second-order valence-corrected chi connectivity index (χ2v) is 7.26. The van der Waals surface area contributed by atoms with Gasteiger partial charge in [-0.05, 0) is 57.5 Å². The van der Waals surface area contributed by atoms with Crippen molar-refractivity contribution >= 4 is 21.6 Å². The van der Waals surface area contributed by atoms with Gasteiger partial charge in [-0.25, -0.2) is 4.98 Å². The van der Waals surface area contributed by atoms with Crippen LogP contribution in [-0.2, 0) is 6.54 Å². The Bertz CT molecular complexity index is 570. The van der Waals surface area contributed by atoms with Crippen molar-refractivity contribution in [2.24, 2.45) is 0 Å². The molecular weight excluding hydrogens is 266 g/mol. The minimum atomic E-state index is 0.154. The molecule has 1 aliphatic heterocycles. The Morgan fingerprint density at radius 1 is 1.30 bits per heavy atom. The van der Waals surface area contributed by atoms with Crippen LogP contribution in [0, 0.1) is 0 Å². The predicted octanol–water partition coefficient (Wildman–Crippen LogP) is 3.26. The Balaban J connectivity index is 1.59. The van der Waals surface area contributed by atoms with Gasteiger partial charge in [-0.1, -0.05) is 6.07 Å².